The molecular formula is C8H17F3. The normalized spacial score (nSPS) is 10.4. The van der Waals surface area contributed by atoms with E-state index in [0.29, 0.717) is 6.42 Å². The third-order valence-electron chi connectivity index (χ3n) is 0.969. The molecule has 0 fully saturated rings. The number of unbranched alkanes of at least 4 members (excludes halogenated alkanes) is 1. The molecule has 0 spiro atoms. The molecule has 0 unspecified atom stereocenters. The molecule has 0 rings (SSSR count). The lowest BCUT2D eigenvalue weighted by atomic mass is 10.2. The van der Waals surface area contributed by atoms with Crippen molar-refractivity contribution in [2.75, 3.05) is 6.67 Å². The first-order chi connectivity index (χ1) is 4.97. The Balaban J connectivity index is 0. The molecule has 0 heterocycles. The van der Waals surface area contributed by atoms with E-state index < -0.39 is 5.92 Å². The van der Waals surface area contributed by atoms with Crippen molar-refractivity contribution >= 4 is 0 Å². The number of halogens is 3. The van der Waals surface area contributed by atoms with Gasteiger partial charge in [0.1, 0.15) is 0 Å². The molecule has 0 amide bonds. The largest absolute Gasteiger partial charge is 0.251 e. The molecule has 0 radical (unpaired) electrons. The van der Waals surface area contributed by atoms with Crippen LogP contribution in [0.15, 0.2) is 0 Å². The molecule has 0 atom stereocenters. The van der Waals surface area contributed by atoms with Crippen LogP contribution in [0.1, 0.15) is 40.0 Å². The molecular weight excluding hydrogens is 153 g/mol. The predicted octanol–water partition coefficient (Wildman–Crippen LogP) is 3.81. The van der Waals surface area contributed by atoms with Crippen LogP contribution in [0, 0.1) is 0 Å². The van der Waals surface area contributed by atoms with Crippen molar-refractivity contribution in [1.82, 2.24) is 0 Å². The van der Waals surface area contributed by atoms with E-state index in [2.05, 4.69) is 0 Å². The van der Waals surface area contributed by atoms with Crippen LogP contribution in [-0.4, -0.2) is 12.6 Å². The third kappa shape index (κ3) is 25.9. The highest BCUT2D eigenvalue weighted by Crippen LogP contribution is 2.18. The minimum Gasteiger partial charge on any atom is -0.251 e. The maximum absolute atomic E-state index is 11.9. The molecule has 3 heteroatoms. The molecule has 0 aromatic rings. The summed E-state index contributed by atoms with van der Waals surface area (Å²) < 4.78 is 34.1. The molecule has 0 aliphatic rings. The highest BCUT2D eigenvalue weighted by molar-refractivity contribution is 4.55. The van der Waals surface area contributed by atoms with E-state index in [1.54, 1.807) is 0 Å². The first-order valence-electron chi connectivity index (χ1n) is 3.91. The van der Waals surface area contributed by atoms with Gasteiger partial charge in [0.25, 0.3) is 0 Å². The minimum absolute atomic E-state index is 0.0312. The fraction of sp³-hybridized carbons (Fsp3) is 1.00. The van der Waals surface area contributed by atoms with Gasteiger partial charge in [0, 0.05) is 6.42 Å². The van der Waals surface area contributed by atoms with Crippen molar-refractivity contribution in [3.05, 3.63) is 0 Å². The topological polar surface area (TPSA) is 0 Å². The van der Waals surface area contributed by atoms with E-state index in [1.807, 2.05) is 6.92 Å². The van der Waals surface area contributed by atoms with E-state index in [4.69, 9.17) is 0 Å². The van der Waals surface area contributed by atoms with Crippen molar-refractivity contribution < 1.29 is 13.2 Å². The molecule has 0 aliphatic heterocycles. The zero-order valence-corrected chi connectivity index (χ0v) is 7.46. The Morgan fingerprint density at radius 3 is 1.64 bits per heavy atom. The highest BCUT2D eigenvalue weighted by Gasteiger charge is 2.18. The van der Waals surface area contributed by atoms with Gasteiger partial charge in [-0.25, -0.2) is 8.78 Å². The number of rotatable bonds is 3. The molecule has 0 nitrogen and oxygen atoms in total. The van der Waals surface area contributed by atoms with Crippen molar-refractivity contribution in [1.29, 1.82) is 0 Å². The standard InChI is InChI=1S/C6H12F2.C2H5F/c1-3-4-5-6(2,7)8;1-2-3/h3-5H2,1-2H3;2H2,1H3. The average Bonchev–Trinajstić information content (AvgIpc) is 1.84. The van der Waals surface area contributed by atoms with Gasteiger partial charge in [-0.05, 0) is 20.3 Å². The van der Waals surface area contributed by atoms with Gasteiger partial charge in [-0.15, -0.1) is 0 Å². The van der Waals surface area contributed by atoms with Crippen LogP contribution in [0.2, 0.25) is 0 Å². The van der Waals surface area contributed by atoms with Crippen molar-refractivity contribution in [3.63, 3.8) is 0 Å². The maximum atomic E-state index is 11.9. The second-order valence-electron chi connectivity index (χ2n) is 2.44. The van der Waals surface area contributed by atoms with E-state index in [9.17, 15) is 13.2 Å². The summed E-state index contributed by atoms with van der Waals surface area (Å²) in [5.74, 6) is -2.45. The van der Waals surface area contributed by atoms with Crippen molar-refractivity contribution in [3.8, 4) is 0 Å². The van der Waals surface area contributed by atoms with Gasteiger partial charge in [0.2, 0.25) is 5.92 Å². The van der Waals surface area contributed by atoms with E-state index in [-0.39, 0.29) is 13.1 Å². The minimum atomic E-state index is -2.45. The second kappa shape index (κ2) is 7.89. The molecule has 0 aliphatic carbocycles. The molecule has 0 bridgehead atoms. The quantitative estimate of drug-likeness (QED) is 0.604. The lowest BCUT2D eigenvalue weighted by Crippen LogP contribution is -2.07. The summed E-state index contributed by atoms with van der Waals surface area (Å²) in [4.78, 5) is 0. The monoisotopic (exact) mass is 170 g/mol. The molecule has 0 aromatic heterocycles. The molecule has 11 heavy (non-hydrogen) atoms. The van der Waals surface area contributed by atoms with Crippen LogP contribution < -0.4 is 0 Å². The SMILES string of the molecule is CCCCC(C)(F)F.CCF. The van der Waals surface area contributed by atoms with Gasteiger partial charge in [-0.3, -0.25) is 4.39 Å². The molecule has 0 N–H and O–H groups in total. The summed E-state index contributed by atoms with van der Waals surface area (Å²) in [6.07, 6.45) is 1.51. The summed E-state index contributed by atoms with van der Waals surface area (Å²) in [6.45, 7) is 4.08. The van der Waals surface area contributed by atoms with Crippen LogP contribution in [-0.2, 0) is 0 Å². The van der Waals surface area contributed by atoms with Crippen LogP contribution >= 0.6 is 0 Å². The van der Waals surface area contributed by atoms with Gasteiger partial charge in [0.05, 0.1) is 6.67 Å². The van der Waals surface area contributed by atoms with E-state index in [0.717, 1.165) is 13.3 Å². The van der Waals surface area contributed by atoms with Crippen LogP contribution in [0.3, 0.4) is 0 Å². The average molecular weight is 170 g/mol. The predicted molar refractivity (Wildman–Crippen MR) is 41.8 cm³/mol. The Hall–Kier alpha value is -0.210. The summed E-state index contributed by atoms with van der Waals surface area (Å²) in [5.41, 5.74) is 0. The summed E-state index contributed by atoms with van der Waals surface area (Å²) in [5, 5.41) is 0. The second-order valence-corrected chi connectivity index (χ2v) is 2.44. The lowest BCUT2D eigenvalue weighted by molar-refractivity contribution is 0.0108. The lowest BCUT2D eigenvalue weighted by Gasteiger charge is -2.06. The number of alkyl halides is 3. The van der Waals surface area contributed by atoms with E-state index >= 15 is 0 Å². The molecule has 0 saturated heterocycles. The summed E-state index contributed by atoms with van der Waals surface area (Å²) in [6, 6.07) is 0. The Morgan fingerprint density at radius 2 is 1.55 bits per heavy atom. The van der Waals surface area contributed by atoms with Gasteiger partial charge < -0.3 is 0 Å². The van der Waals surface area contributed by atoms with Crippen molar-refractivity contribution in [2.24, 2.45) is 0 Å². The Kier molecular flexibility index (Phi) is 9.60. The van der Waals surface area contributed by atoms with Crippen molar-refractivity contribution in [2.45, 2.75) is 46.0 Å². The molecule has 0 saturated carbocycles. The highest BCUT2D eigenvalue weighted by atomic mass is 19.3. The first-order valence-corrected chi connectivity index (χ1v) is 3.91. The Morgan fingerprint density at radius 1 is 1.18 bits per heavy atom. The summed E-state index contributed by atoms with van der Waals surface area (Å²) in [7, 11) is 0. The fourth-order valence-electron chi connectivity index (χ4n) is 0.487. The van der Waals surface area contributed by atoms with Gasteiger partial charge in [0.15, 0.2) is 0 Å². The van der Waals surface area contributed by atoms with Gasteiger partial charge >= 0.3 is 0 Å². The number of hydrogen-bond donors (Lipinski definition) is 0. The summed E-state index contributed by atoms with van der Waals surface area (Å²) >= 11 is 0. The van der Waals surface area contributed by atoms with Gasteiger partial charge in [-0.2, -0.15) is 0 Å². The molecule has 70 valence electrons. The third-order valence-corrected chi connectivity index (χ3v) is 0.969. The van der Waals surface area contributed by atoms with Crippen LogP contribution in [0.25, 0.3) is 0 Å². The first kappa shape index (κ1) is 13.4. The van der Waals surface area contributed by atoms with Gasteiger partial charge in [-0.1, -0.05) is 13.3 Å². The smallest absolute Gasteiger partial charge is 0.245 e. The Labute approximate surface area is 66.8 Å². The fourth-order valence-corrected chi connectivity index (χ4v) is 0.487. The molecule has 0 aromatic carbocycles. The zero-order valence-electron chi connectivity index (χ0n) is 7.46. The zero-order chi connectivity index (χ0) is 9.33. The Bertz CT molecular complexity index is 66.2. The maximum Gasteiger partial charge on any atom is 0.245 e. The van der Waals surface area contributed by atoms with Crippen LogP contribution in [0.5, 0.6) is 0 Å². The van der Waals surface area contributed by atoms with E-state index in [1.165, 1.54) is 6.92 Å². The number of hydrogen-bond acceptors (Lipinski definition) is 0. The van der Waals surface area contributed by atoms with Crippen LogP contribution in [0.4, 0.5) is 13.2 Å².